The third-order valence-electron chi connectivity index (χ3n) is 3.38. The Morgan fingerprint density at radius 3 is 2.74 bits per heavy atom. The van der Waals surface area contributed by atoms with E-state index in [0.29, 0.717) is 6.04 Å². The second-order valence-corrected chi connectivity index (χ2v) is 5.63. The molecule has 3 rings (SSSR count). The van der Waals surface area contributed by atoms with Crippen molar-refractivity contribution in [1.82, 2.24) is 20.3 Å². The Morgan fingerprint density at radius 2 is 2.05 bits per heavy atom. The zero-order valence-electron chi connectivity index (χ0n) is 10.7. The van der Waals surface area contributed by atoms with Crippen LogP contribution >= 0.6 is 11.3 Å². The highest BCUT2D eigenvalue weighted by Gasteiger charge is 2.20. The molecule has 0 bridgehead atoms. The van der Waals surface area contributed by atoms with Crippen molar-refractivity contribution >= 4 is 17.3 Å². The van der Waals surface area contributed by atoms with Gasteiger partial charge in [-0.3, -0.25) is 4.98 Å². The van der Waals surface area contributed by atoms with Crippen LogP contribution in [0.2, 0.25) is 0 Å². The lowest BCUT2D eigenvalue weighted by atomic mass is 10.1. The fourth-order valence-corrected chi connectivity index (χ4v) is 2.86. The monoisotopic (exact) mass is 275 g/mol. The van der Waals surface area contributed by atoms with Crippen molar-refractivity contribution in [3.8, 4) is 0 Å². The number of hydrogen-bond donors (Lipinski definition) is 1. The normalized spacial score (nSPS) is 16.7. The fraction of sp³-hybridized carbons (Fsp3) is 0.462. The first-order chi connectivity index (χ1) is 9.42. The summed E-state index contributed by atoms with van der Waals surface area (Å²) in [6, 6.07) is 2.44. The Bertz CT molecular complexity index is 479. The van der Waals surface area contributed by atoms with Crippen molar-refractivity contribution in [2.24, 2.45) is 0 Å². The van der Waals surface area contributed by atoms with Crippen molar-refractivity contribution in [3.63, 3.8) is 0 Å². The highest BCUT2D eigenvalue weighted by molar-refractivity contribution is 7.09. The number of aromatic nitrogens is 3. The predicted molar refractivity (Wildman–Crippen MR) is 76.2 cm³/mol. The van der Waals surface area contributed by atoms with Gasteiger partial charge in [-0.2, -0.15) is 0 Å². The molecule has 2 aromatic rings. The molecule has 0 aromatic carbocycles. The van der Waals surface area contributed by atoms with Crippen LogP contribution in [0.1, 0.15) is 17.7 Å². The van der Waals surface area contributed by atoms with Crippen LogP contribution in [0.5, 0.6) is 0 Å². The maximum atomic E-state index is 4.30. The van der Waals surface area contributed by atoms with Gasteiger partial charge in [-0.05, 0) is 18.9 Å². The van der Waals surface area contributed by atoms with E-state index < -0.39 is 0 Å². The first kappa shape index (κ1) is 12.5. The Morgan fingerprint density at radius 1 is 1.26 bits per heavy atom. The van der Waals surface area contributed by atoms with Gasteiger partial charge in [0.1, 0.15) is 0 Å². The molecule has 6 heteroatoms. The van der Waals surface area contributed by atoms with Gasteiger partial charge in [0.25, 0.3) is 0 Å². The molecular weight excluding hydrogens is 258 g/mol. The Kier molecular flexibility index (Phi) is 4.00. The lowest BCUT2D eigenvalue weighted by Crippen LogP contribution is -2.42. The summed E-state index contributed by atoms with van der Waals surface area (Å²) < 4.78 is 0. The molecule has 2 aromatic heterocycles. The van der Waals surface area contributed by atoms with Gasteiger partial charge < -0.3 is 10.2 Å². The van der Waals surface area contributed by atoms with Gasteiger partial charge in [0.15, 0.2) is 0 Å². The summed E-state index contributed by atoms with van der Waals surface area (Å²) >= 11 is 1.70. The van der Waals surface area contributed by atoms with E-state index in [2.05, 4.69) is 25.2 Å². The molecule has 1 aliphatic rings. The summed E-state index contributed by atoms with van der Waals surface area (Å²) in [6.07, 6.45) is 7.81. The number of piperidine rings is 1. The first-order valence-corrected chi connectivity index (χ1v) is 7.42. The van der Waals surface area contributed by atoms with Gasteiger partial charge in [0.05, 0.1) is 5.51 Å². The standard InChI is InChI=1S/C13H17N5S/c1-4-15-13(16-5-1)18-6-2-11(3-7-18)17-9-12-8-14-10-19-12/h1,4-5,8,10-11,17H,2-3,6-7,9H2. The fourth-order valence-electron chi connectivity index (χ4n) is 2.31. The molecule has 1 saturated heterocycles. The molecule has 0 spiro atoms. The zero-order chi connectivity index (χ0) is 12.9. The van der Waals surface area contributed by atoms with Gasteiger partial charge in [0.2, 0.25) is 5.95 Å². The molecule has 19 heavy (non-hydrogen) atoms. The van der Waals surface area contributed by atoms with Crippen LogP contribution in [0.15, 0.2) is 30.2 Å². The molecule has 1 aliphatic heterocycles. The van der Waals surface area contributed by atoms with E-state index in [9.17, 15) is 0 Å². The average molecular weight is 275 g/mol. The van der Waals surface area contributed by atoms with Crippen LogP contribution in [0, 0.1) is 0 Å². The molecule has 0 radical (unpaired) electrons. The summed E-state index contributed by atoms with van der Waals surface area (Å²) in [7, 11) is 0. The molecule has 5 nitrogen and oxygen atoms in total. The van der Waals surface area contributed by atoms with Crippen molar-refractivity contribution in [3.05, 3.63) is 35.0 Å². The summed E-state index contributed by atoms with van der Waals surface area (Å²) in [5, 5.41) is 3.60. The third kappa shape index (κ3) is 3.27. The summed E-state index contributed by atoms with van der Waals surface area (Å²) in [5.74, 6) is 0.850. The maximum absolute atomic E-state index is 4.30. The van der Waals surface area contributed by atoms with E-state index >= 15 is 0 Å². The van der Waals surface area contributed by atoms with Crippen LogP contribution in [0.3, 0.4) is 0 Å². The van der Waals surface area contributed by atoms with Crippen LogP contribution < -0.4 is 10.2 Å². The van der Waals surface area contributed by atoms with Crippen molar-refractivity contribution in [2.75, 3.05) is 18.0 Å². The molecule has 0 atom stereocenters. The number of thiazole rings is 1. The molecule has 1 N–H and O–H groups in total. The van der Waals surface area contributed by atoms with Crippen molar-refractivity contribution < 1.29 is 0 Å². The number of hydrogen-bond acceptors (Lipinski definition) is 6. The number of nitrogens with zero attached hydrogens (tertiary/aromatic N) is 4. The predicted octanol–water partition coefficient (Wildman–Crippen LogP) is 1.69. The molecule has 0 amide bonds. The van der Waals surface area contributed by atoms with Gasteiger partial charge in [-0.25, -0.2) is 9.97 Å². The smallest absolute Gasteiger partial charge is 0.225 e. The third-order valence-corrected chi connectivity index (χ3v) is 4.16. The lowest BCUT2D eigenvalue weighted by Gasteiger charge is -2.32. The van der Waals surface area contributed by atoms with Gasteiger partial charge in [0, 0.05) is 49.1 Å². The molecular formula is C13H17N5S. The second-order valence-electron chi connectivity index (χ2n) is 4.66. The van der Waals surface area contributed by atoms with Gasteiger partial charge in [-0.1, -0.05) is 0 Å². The molecule has 0 aliphatic carbocycles. The molecule has 0 saturated carbocycles. The topological polar surface area (TPSA) is 53.9 Å². The van der Waals surface area contributed by atoms with Crippen LogP contribution in [-0.4, -0.2) is 34.1 Å². The highest BCUT2D eigenvalue weighted by atomic mass is 32.1. The number of anilines is 1. The van der Waals surface area contributed by atoms with E-state index in [1.54, 1.807) is 23.7 Å². The van der Waals surface area contributed by atoms with Crippen molar-refractivity contribution in [1.29, 1.82) is 0 Å². The van der Waals surface area contributed by atoms with E-state index in [0.717, 1.165) is 38.4 Å². The van der Waals surface area contributed by atoms with Crippen LogP contribution in [0.4, 0.5) is 5.95 Å². The minimum absolute atomic E-state index is 0.585. The van der Waals surface area contributed by atoms with E-state index in [1.807, 2.05) is 17.8 Å². The van der Waals surface area contributed by atoms with Crippen LogP contribution in [-0.2, 0) is 6.54 Å². The van der Waals surface area contributed by atoms with Gasteiger partial charge in [-0.15, -0.1) is 11.3 Å². The van der Waals surface area contributed by atoms with Gasteiger partial charge >= 0.3 is 0 Å². The summed E-state index contributed by atoms with van der Waals surface area (Å²) in [5.41, 5.74) is 1.88. The SMILES string of the molecule is c1cnc(N2CCC(NCc3cncs3)CC2)nc1. The van der Waals surface area contributed by atoms with E-state index in [4.69, 9.17) is 0 Å². The average Bonchev–Trinajstić information content (AvgIpc) is 3.00. The summed E-state index contributed by atoms with van der Waals surface area (Å²) in [4.78, 5) is 16.2. The van der Waals surface area contributed by atoms with E-state index in [1.165, 1.54) is 4.88 Å². The largest absolute Gasteiger partial charge is 0.341 e. The molecule has 0 unspecified atom stereocenters. The van der Waals surface area contributed by atoms with Crippen molar-refractivity contribution in [2.45, 2.75) is 25.4 Å². The zero-order valence-corrected chi connectivity index (χ0v) is 11.5. The Labute approximate surface area is 116 Å². The maximum Gasteiger partial charge on any atom is 0.225 e. The second kappa shape index (κ2) is 6.08. The van der Waals surface area contributed by atoms with Crippen LogP contribution in [0.25, 0.3) is 0 Å². The minimum atomic E-state index is 0.585. The number of rotatable bonds is 4. The molecule has 3 heterocycles. The quantitative estimate of drug-likeness (QED) is 0.920. The molecule has 1 fully saturated rings. The molecule has 100 valence electrons. The summed E-state index contributed by atoms with van der Waals surface area (Å²) in [6.45, 7) is 2.96. The Hall–Kier alpha value is -1.53. The Balaban J connectivity index is 1.47. The minimum Gasteiger partial charge on any atom is -0.341 e. The first-order valence-electron chi connectivity index (χ1n) is 6.54. The lowest BCUT2D eigenvalue weighted by molar-refractivity contribution is 0.412. The number of nitrogens with one attached hydrogen (secondary N) is 1. The highest BCUT2D eigenvalue weighted by Crippen LogP contribution is 2.16. The van der Waals surface area contributed by atoms with E-state index in [-0.39, 0.29) is 0 Å².